The van der Waals surface area contributed by atoms with E-state index in [0.717, 1.165) is 5.56 Å². The number of esters is 2. The number of hydrogen-bond donors (Lipinski definition) is 2. The van der Waals surface area contributed by atoms with Crippen molar-refractivity contribution in [1.29, 1.82) is 0 Å². The van der Waals surface area contributed by atoms with Gasteiger partial charge in [-0.3, -0.25) is 4.79 Å². The zero-order chi connectivity index (χ0) is 17.2. The molecule has 23 heavy (non-hydrogen) atoms. The van der Waals surface area contributed by atoms with Crippen LogP contribution in [0.4, 0.5) is 5.69 Å². The molecule has 1 heterocycles. The number of aryl methyl sites for hydroxylation is 1. The molecule has 0 bridgehead atoms. The Morgan fingerprint density at radius 3 is 2.35 bits per heavy atom. The van der Waals surface area contributed by atoms with Gasteiger partial charge in [0.05, 0.1) is 11.3 Å². The van der Waals surface area contributed by atoms with Crippen molar-refractivity contribution in [3.63, 3.8) is 0 Å². The molecule has 1 aliphatic heterocycles. The molecule has 2 N–H and O–H groups in total. The lowest BCUT2D eigenvalue weighted by Gasteiger charge is -2.29. The molecule has 7 heteroatoms. The summed E-state index contributed by atoms with van der Waals surface area (Å²) in [4.78, 5) is 35.7. The summed E-state index contributed by atoms with van der Waals surface area (Å²) < 4.78 is 10.0. The summed E-state index contributed by atoms with van der Waals surface area (Å²) in [7, 11) is 1.52. The SMILES string of the molecule is CNC(=O)c1cccc(C)c1NC=C1C(=O)OC(C)(C)OC1=O. The van der Waals surface area contributed by atoms with Gasteiger partial charge in [0, 0.05) is 27.1 Å². The van der Waals surface area contributed by atoms with Crippen molar-refractivity contribution in [3.05, 3.63) is 41.1 Å². The van der Waals surface area contributed by atoms with Gasteiger partial charge in [0.15, 0.2) is 5.57 Å². The zero-order valence-electron chi connectivity index (χ0n) is 13.4. The highest BCUT2D eigenvalue weighted by molar-refractivity contribution is 6.15. The van der Waals surface area contributed by atoms with Gasteiger partial charge >= 0.3 is 11.9 Å². The molecule has 1 aromatic rings. The van der Waals surface area contributed by atoms with Crippen molar-refractivity contribution >= 4 is 23.5 Å². The molecular weight excluding hydrogens is 300 g/mol. The van der Waals surface area contributed by atoms with Crippen LogP contribution in [-0.2, 0) is 19.1 Å². The minimum absolute atomic E-state index is 0.268. The largest absolute Gasteiger partial charge is 0.419 e. The summed E-state index contributed by atoms with van der Waals surface area (Å²) in [6, 6.07) is 5.17. The van der Waals surface area contributed by atoms with Crippen LogP contribution < -0.4 is 10.6 Å². The highest BCUT2D eigenvalue weighted by Crippen LogP contribution is 2.24. The monoisotopic (exact) mass is 318 g/mol. The molecule has 122 valence electrons. The van der Waals surface area contributed by atoms with E-state index >= 15 is 0 Å². The van der Waals surface area contributed by atoms with Crippen LogP contribution in [0.15, 0.2) is 30.0 Å². The van der Waals surface area contributed by atoms with E-state index in [1.807, 2.05) is 0 Å². The third-order valence-electron chi connectivity index (χ3n) is 3.22. The van der Waals surface area contributed by atoms with E-state index in [1.165, 1.54) is 27.1 Å². The summed E-state index contributed by atoms with van der Waals surface area (Å²) in [5, 5.41) is 5.36. The Hall–Kier alpha value is -2.83. The average Bonchev–Trinajstić information content (AvgIpc) is 2.45. The number of rotatable bonds is 3. The van der Waals surface area contributed by atoms with Crippen LogP contribution in [0.3, 0.4) is 0 Å². The van der Waals surface area contributed by atoms with E-state index in [-0.39, 0.29) is 11.5 Å². The van der Waals surface area contributed by atoms with Crippen LogP contribution in [-0.4, -0.2) is 30.7 Å². The Bertz CT molecular complexity index is 684. The Labute approximate surface area is 133 Å². The quantitative estimate of drug-likeness (QED) is 0.498. The number of cyclic esters (lactones) is 2. The zero-order valence-corrected chi connectivity index (χ0v) is 13.4. The van der Waals surface area contributed by atoms with Crippen LogP contribution in [0.1, 0.15) is 29.8 Å². The number of amides is 1. The predicted molar refractivity (Wildman–Crippen MR) is 82.5 cm³/mol. The van der Waals surface area contributed by atoms with Crippen LogP contribution in [0.5, 0.6) is 0 Å². The molecule has 1 amide bonds. The van der Waals surface area contributed by atoms with Crippen molar-refractivity contribution in [3.8, 4) is 0 Å². The first-order valence-corrected chi connectivity index (χ1v) is 7.00. The summed E-state index contributed by atoms with van der Waals surface area (Å²) in [6.07, 6.45) is 1.19. The van der Waals surface area contributed by atoms with Crippen molar-refractivity contribution in [2.24, 2.45) is 0 Å². The lowest BCUT2D eigenvalue weighted by Crippen LogP contribution is -2.42. The Morgan fingerprint density at radius 1 is 1.17 bits per heavy atom. The minimum atomic E-state index is -1.29. The van der Waals surface area contributed by atoms with Crippen LogP contribution in [0, 0.1) is 6.92 Å². The second-order valence-corrected chi connectivity index (χ2v) is 5.46. The standard InChI is InChI=1S/C16H18N2O5/c1-9-6-5-7-10(13(19)17-4)12(9)18-8-11-14(20)22-16(2,3)23-15(11)21/h5-8,18H,1-4H3,(H,17,19). The molecule has 2 rings (SSSR count). The summed E-state index contributed by atoms with van der Waals surface area (Å²) >= 11 is 0. The Kier molecular flexibility index (Phi) is 4.40. The van der Waals surface area contributed by atoms with Gasteiger partial charge in [-0.2, -0.15) is 0 Å². The molecule has 1 saturated heterocycles. The van der Waals surface area contributed by atoms with Crippen LogP contribution in [0.2, 0.25) is 0 Å². The van der Waals surface area contributed by atoms with E-state index in [9.17, 15) is 14.4 Å². The summed E-state index contributed by atoms with van der Waals surface area (Å²) in [5.41, 5.74) is 1.39. The van der Waals surface area contributed by atoms with Crippen molar-refractivity contribution in [2.45, 2.75) is 26.6 Å². The predicted octanol–water partition coefficient (Wildman–Crippen LogP) is 1.49. The van der Waals surface area contributed by atoms with E-state index in [0.29, 0.717) is 11.3 Å². The Morgan fingerprint density at radius 2 is 1.78 bits per heavy atom. The van der Waals surface area contributed by atoms with Crippen molar-refractivity contribution < 1.29 is 23.9 Å². The molecule has 1 fully saturated rings. The molecule has 0 radical (unpaired) electrons. The fourth-order valence-electron chi connectivity index (χ4n) is 2.11. The number of carbonyl (C=O) groups is 3. The molecule has 0 saturated carbocycles. The number of hydrogen-bond acceptors (Lipinski definition) is 6. The number of anilines is 1. The maximum Gasteiger partial charge on any atom is 0.350 e. The smallest absolute Gasteiger partial charge is 0.350 e. The van der Waals surface area contributed by atoms with E-state index in [1.54, 1.807) is 25.1 Å². The average molecular weight is 318 g/mol. The van der Waals surface area contributed by atoms with Crippen molar-refractivity contribution in [2.75, 3.05) is 12.4 Å². The topological polar surface area (TPSA) is 93.7 Å². The third kappa shape index (κ3) is 3.50. The molecule has 1 aliphatic rings. The van der Waals surface area contributed by atoms with Crippen molar-refractivity contribution in [1.82, 2.24) is 5.32 Å². The number of carbonyl (C=O) groups excluding carboxylic acids is 3. The maximum atomic E-state index is 11.9. The fourth-order valence-corrected chi connectivity index (χ4v) is 2.11. The first-order chi connectivity index (χ1) is 10.7. The first-order valence-electron chi connectivity index (χ1n) is 7.00. The van der Waals surface area contributed by atoms with Crippen LogP contribution >= 0.6 is 0 Å². The minimum Gasteiger partial charge on any atom is -0.419 e. The molecule has 0 spiro atoms. The van der Waals surface area contributed by atoms with Gasteiger partial charge in [-0.05, 0) is 18.6 Å². The molecule has 0 atom stereocenters. The number of ether oxygens (including phenoxy) is 2. The fraction of sp³-hybridized carbons (Fsp3) is 0.312. The van der Waals surface area contributed by atoms with E-state index < -0.39 is 17.7 Å². The number of benzene rings is 1. The van der Waals surface area contributed by atoms with E-state index in [4.69, 9.17) is 9.47 Å². The maximum absolute atomic E-state index is 11.9. The second kappa shape index (κ2) is 6.12. The van der Waals surface area contributed by atoms with Crippen LogP contribution in [0.25, 0.3) is 0 Å². The van der Waals surface area contributed by atoms with Gasteiger partial charge in [-0.15, -0.1) is 0 Å². The van der Waals surface area contributed by atoms with Gasteiger partial charge in [0.25, 0.3) is 11.7 Å². The highest BCUT2D eigenvalue weighted by atomic mass is 16.7. The van der Waals surface area contributed by atoms with Gasteiger partial charge in [0.1, 0.15) is 0 Å². The van der Waals surface area contributed by atoms with Gasteiger partial charge in [-0.1, -0.05) is 12.1 Å². The van der Waals surface area contributed by atoms with Gasteiger partial charge in [0.2, 0.25) is 0 Å². The van der Waals surface area contributed by atoms with Gasteiger partial charge < -0.3 is 20.1 Å². The summed E-state index contributed by atoms with van der Waals surface area (Å²) in [6.45, 7) is 4.74. The second-order valence-electron chi connectivity index (χ2n) is 5.46. The first kappa shape index (κ1) is 16.5. The third-order valence-corrected chi connectivity index (χ3v) is 3.22. The normalized spacial score (nSPS) is 16.3. The highest BCUT2D eigenvalue weighted by Gasteiger charge is 2.39. The molecule has 7 nitrogen and oxygen atoms in total. The molecule has 0 unspecified atom stereocenters. The summed E-state index contributed by atoms with van der Waals surface area (Å²) in [5.74, 6) is -3.14. The molecule has 0 aromatic heterocycles. The number of para-hydroxylation sites is 1. The Balaban J connectivity index is 2.32. The van der Waals surface area contributed by atoms with Gasteiger partial charge in [-0.25, -0.2) is 9.59 Å². The van der Waals surface area contributed by atoms with E-state index in [2.05, 4.69) is 10.6 Å². The lowest BCUT2D eigenvalue weighted by atomic mass is 10.1. The lowest BCUT2D eigenvalue weighted by molar-refractivity contribution is -0.222. The molecule has 1 aromatic carbocycles. The molecule has 0 aliphatic carbocycles. The number of nitrogens with one attached hydrogen (secondary N) is 2. The molecular formula is C16H18N2O5.